The predicted octanol–water partition coefficient (Wildman–Crippen LogP) is 1.62. The number of aromatic nitrogens is 1. The maximum atomic E-state index is 11.9. The van der Waals surface area contributed by atoms with E-state index in [0.717, 1.165) is 38.3 Å². The highest BCUT2D eigenvalue weighted by atomic mass is 16.2. The van der Waals surface area contributed by atoms with Crippen LogP contribution < -0.4 is 5.32 Å². The Hall–Kier alpha value is -1.42. The molecule has 4 heteroatoms. The number of carbonyl (C=O) groups is 1. The summed E-state index contributed by atoms with van der Waals surface area (Å²) in [6, 6.07) is 5.96. The summed E-state index contributed by atoms with van der Waals surface area (Å²) in [5.74, 6) is 0.296. The van der Waals surface area contributed by atoms with Gasteiger partial charge in [-0.3, -0.25) is 9.78 Å². The minimum Gasteiger partial charge on any atom is -0.343 e. The molecule has 1 aliphatic heterocycles. The Morgan fingerprint density at radius 3 is 2.79 bits per heavy atom. The number of pyridine rings is 1. The van der Waals surface area contributed by atoms with Crippen LogP contribution in [0, 0.1) is 0 Å². The number of hydrogen-bond donors (Lipinski definition) is 1. The fourth-order valence-electron chi connectivity index (χ4n) is 2.38. The zero-order valence-electron chi connectivity index (χ0n) is 11.5. The van der Waals surface area contributed by atoms with Gasteiger partial charge in [-0.25, -0.2) is 0 Å². The van der Waals surface area contributed by atoms with Crippen molar-refractivity contribution in [2.24, 2.45) is 0 Å². The fraction of sp³-hybridized carbons (Fsp3) is 0.600. The third-order valence-corrected chi connectivity index (χ3v) is 3.51. The smallest absolute Gasteiger partial charge is 0.223 e. The van der Waals surface area contributed by atoms with Crippen molar-refractivity contribution in [2.75, 3.05) is 26.2 Å². The maximum absolute atomic E-state index is 11.9. The lowest BCUT2D eigenvalue weighted by atomic mass is 10.1. The molecule has 104 valence electrons. The molecule has 1 saturated heterocycles. The van der Waals surface area contributed by atoms with E-state index < -0.39 is 0 Å². The number of nitrogens with zero attached hydrogens (tertiary/aromatic N) is 2. The molecule has 0 spiro atoms. The molecule has 0 atom stereocenters. The molecule has 19 heavy (non-hydrogen) atoms. The molecule has 0 bridgehead atoms. The lowest BCUT2D eigenvalue weighted by Crippen LogP contribution is -2.37. The normalized spacial score (nSPS) is 15.5. The Morgan fingerprint density at radius 1 is 1.21 bits per heavy atom. The highest BCUT2D eigenvalue weighted by Crippen LogP contribution is 2.09. The van der Waals surface area contributed by atoms with Crippen LogP contribution in [0.25, 0.3) is 0 Å². The standard InChI is InChI=1S/C15H23N3O/c19-15(18-12-4-1-5-13-18)8-11-16-10-7-14-6-2-3-9-17-14/h2-3,6,9,16H,1,4-5,7-8,10-13H2. The third kappa shape index (κ3) is 4.99. The summed E-state index contributed by atoms with van der Waals surface area (Å²) in [7, 11) is 0. The summed E-state index contributed by atoms with van der Waals surface area (Å²) in [5, 5.41) is 3.32. The quantitative estimate of drug-likeness (QED) is 0.791. The van der Waals surface area contributed by atoms with Crippen molar-refractivity contribution in [2.45, 2.75) is 32.1 Å². The SMILES string of the molecule is O=C(CCNCCc1ccccn1)N1CCCCC1. The number of likely N-dealkylation sites (tertiary alicyclic amines) is 1. The molecule has 0 aromatic carbocycles. The molecule has 4 nitrogen and oxygen atoms in total. The molecule has 1 fully saturated rings. The molecule has 1 N–H and O–H groups in total. The van der Waals surface area contributed by atoms with Crippen LogP contribution in [-0.2, 0) is 11.2 Å². The minimum absolute atomic E-state index is 0.296. The highest BCUT2D eigenvalue weighted by Gasteiger charge is 2.15. The van der Waals surface area contributed by atoms with Crippen molar-refractivity contribution >= 4 is 5.91 Å². The molecule has 2 heterocycles. The van der Waals surface area contributed by atoms with Gasteiger partial charge >= 0.3 is 0 Å². The first kappa shape index (κ1) is 14.0. The van der Waals surface area contributed by atoms with Crippen LogP contribution in [0.1, 0.15) is 31.4 Å². The van der Waals surface area contributed by atoms with Crippen molar-refractivity contribution < 1.29 is 4.79 Å². The second-order valence-corrected chi connectivity index (χ2v) is 5.01. The number of carbonyl (C=O) groups excluding carboxylic acids is 1. The number of amides is 1. The van der Waals surface area contributed by atoms with E-state index in [1.165, 1.54) is 19.3 Å². The van der Waals surface area contributed by atoms with Gasteiger partial charge in [-0.15, -0.1) is 0 Å². The largest absolute Gasteiger partial charge is 0.343 e. The lowest BCUT2D eigenvalue weighted by Gasteiger charge is -2.26. The van der Waals surface area contributed by atoms with E-state index in [0.29, 0.717) is 12.3 Å². The summed E-state index contributed by atoms with van der Waals surface area (Å²) in [6.07, 6.45) is 6.94. The van der Waals surface area contributed by atoms with Gasteiger partial charge in [-0.2, -0.15) is 0 Å². The van der Waals surface area contributed by atoms with Crippen molar-refractivity contribution in [3.63, 3.8) is 0 Å². The van der Waals surface area contributed by atoms with Gasteiger partial charge in [0.05, 0.1) is 0 Å². The zero-order chi connectivity index (χ0) is 13.3. The first-order valence-corrected chi connectivity index (χ1v) is 7.24. The van der Waals surface area contributed by atoms with Gasteiger partial charge in [0.1, 0.15) is 0 Å². The second-order valence-electron chi connectivity index (χ2n) is 5.01. The van der Waals surface area contributed by atoms with Crippen LogP contribution in [0.2, 0.25) is 0 Å². The Bertz CT molecular complexity index is 374. The van der Waals surface area contributed by atoms with Crippen molar-refractivity contribution in [1.82, 2.24) is 15.2 Å². The van der Waals surface area contributed by atoms with Crippen LogP contribution >= 0.6 is 0 Å². The fourth-order valence-corrected chi connectivity index (χ4v) is 2.38. The average molecular weight is 261 g/mol. The molecule has 1 aromatic rings. The average Bonchev–Trinajstić information content (AvgIpc) is 2.49. The number of rotatable bonds is 6. The monoisotopic (exact) mass is 261 g/mol. The molecule has 0 saturated carbocycles. The zero-order valence-corrected chi connectivity index (χ0v) is 11.5. The molecule has 1 aromatic heterocycles. The number of piperidine rings is 1. The van der Waals surface area contributed by atoms with Crippen LogP contribution in [-0.4, -0.2) is 42.0 Å². The van der Waals surface area contributed by atoms with Gasteiger partial charge in [0.25, 0.3) is 0 Å². The molecular formula is C15H23N3O. The van der Waals surface area contributed by atoms with Crippen LogP contribution in [0.3, 0.4) is 0 Å². The van der Waals surface area contributed by atoms with E-state index in [2.05, 4.69) is 10.3 Å². The predicted molar refractivity (Wildman–Crippen MR) is 75.9 cm³/mol. The molecule has 0 radical (unpaired) electrons. The van der Waals surface area contributed by atoms with Crippen LogP contribution in [0.5, 0.6) is 0 Å². The molecule has 2 rings (SSSR count). The number of hydrogen-bond acceptors (Lipinski definition) is 3. The van der Waals surface area contributed by atoms with Gasteiger partial charge in [-0.05, 0) is 31.4 Å². The van der Waals surface area contributed by atoms with E-state index in [4.69, 9.17) is 0 Å². The number of nitrogens with one attached hydrogen (secondary N) is 1. The minimum atomic E-state index is 0.296. The Kier molecular flexibility index (Phi) is 5.82. The van der Waals surface area contributed by atoms with E-state index in [-0.39, 0.29) is 0 Å². The maximum Gasteiger partial charge on any atom is 0.223 e. The van der Waals surface area contributed by atoms with E-state index >= 15 is 0 Å². The second kappa shape index (κ2) is 7.89. The summed E-state index contributed by atoms with van der Waals surface area (Å²) in [6.45, 7) is 3.55. The first-order chi connectivity index (χ1) is 9.36. The molecule has 1 aliphatic rings. The van der Waals surface area contributed by atoms with Crippen LogP contribution in [0.4, 0.5) is 0 Å². The van der Waals surface area contributed by atoms with E-state index in [1.54, 1.807) is 0 Å². The van der Waals surface area contributed by atoms with E-state index in [1.807, 2.05) is 29.3 Å². The molecule has 0 aliphatic carbocycles. The molecule has 1 amide bonds. The van der Waals surface area contributed by atoms with Gasteiger partial charge in [0.15, 0.2) is 0 Å². The van der Waals surface area contributed by atoms with Gasteiger partial charge < -0.3 is 10.2 Å². The van der Waals surface area contributed by atoms with Gasteiger partial charge in [0, 0.05) is 50.9 Å². The third-order valence-electron chi connectivity index (χ3n) is 3.51. The summed E-state index contributed by atoms with van der Waals surface area (Å²) < 4.78 is 0. The summed E-state index contributed by atoms with van der Waals surface area (Å²) >= 11 is 0. The van der Waals surface area contributed by atoms with Crippen molar-refractivity contribution in [1.29, 1.82) is 0 Å². The van der Waals surface area contributed by atoms with Crippen molar-refractivity contribution in [3.8, 4) is 0 Å². The summed E-state index contributed by atoms with van der Waals surface area (Å²) in [4.78, 5) is 18.2. The Morgan fingerprint density at radius 2 is 2.05 bits per heavy atom. The highest BCUT2D eigenvalue weighted by molar-refractivity contribution is 5.76. The Labute approximate surface area is 115 Å². The molecular weight excluding hydrogens is 238 g/mol. The lowest BCUT2D eigenvalue weighted by molar-refractivity contribution is -0.131. The van der Waals surface area contributed by atoms with Crippen LogP contribution in [0.15, 0.2) is 24.4 Å². The topological polar surface area (TPSA) is 45.2 Å². The van der Waals surface area contributed by atoms with Gasteiger partial charge in [-0.1, -0.05) is 6.07 Å². The van der Waals surface area contributed by atoms with Gasteiger partial charge in [0.2, 0.25) is 5.91 Å². The summed E-state index contributed by atoms with van der Waals surface area (Å²) in [5.41, 5.74) is 1.09. The molecule has 0 unspecified atom stereocenters. The van der Waals surface area contributed by atoms with Crippen molar-refractivity contribution in [3.05, 3.63) is 30.1 Å². The first-order valence-electron chi connectivity index (χ1n) is 7.24. The van der Waals surface area contributed by atoms with E-state index in [9.17, 15) is 4.79 Å². The Balaban J connectivity index is 1.55.